The van der Waals surface area contributed by atoms with E-state index in [4.69, 9.17) is 14.2 Å². The lowest BCUT2D eigenvalue weighted by Gasteiger charge is -2.17. The van der Waals surface area contributed by atoms with E-state index in [1.807, 2.05) is 12.1 Å². The van der Waals surface area contributed by atoms with Crippen LogP contribution in [-0.2, 0) is 17.8 Å². The number of hydrogen-bond donors (Lipinski definition) is 2. The number of benzene rings is 1. The number of nitrogens with one attached hydrogen (secondary N) is 2. The minimum atomic E-state index is 0. The van der Waals surface area contributed by atoms with Crippen molar-refractivity contribution in [3.63, 3.8) is 0 Å². The minimum absolute atomic E-state index is 0. The summed E-state index contributed by atoms with van der Waals surface area (Å²) in [6, 6.07) is 10.2. The molecular weight excluding hydrogens is 519 g/mol. The molecule has 1 aromatic heterocycles. The van der Waals surface area contributed by atoms with Crippen molar-refractivity contribution in [1.29, 1.82) is 0 Å². The van der Waals surface area contributed by atoms with Crippen LogP contribution in [0.15, 0.2) is 41.5 Å². The first-order chi connectivity index (χ1) is 15.2. The van der Waals surface area contributed by atoms with Crippen LogP contribution in [0.2, 0.25) is 0 Å². The van der Waals surface area contributed by atoms with Crippen LogP contribution in [0.25, 0.3) is 0 Å². The van der Waals surface area contributed by atoms with Gasteiger partial charge in [-0.2, -0.15) is 0 Å². The molecule has 0 spiro atoms. The van der Waals surface area contributed by atoms with Crippen LogP contribution >= 0.6 is 24.0 Å². The quantitative estimate of drug-likeness (QED) is 0.260. The molecule has 176 valence electrons. The van der Waals surface area contributed by atoms with Crippen LogP contribution in [0.1, 0.15) is 42.9 Å². The van der Waals surface area contributed by atoms with E-state index in [0.717, 1.165) is 42.7 Å². The van der Waals surface area contributed by atoms with E-state index in [1.54, 1.807) is 13.2 Å². The lowest BCUT2D eigenvalue weighted by molar-refractivity contribution is 0.0676. The highest BCUT2D eigenvalue weighted by atomic mass is 127. The van der Waals surface area contributed by atoms with Gasteiger partial charge in [-0.15, -0.1) is 24.0 Å². The van der Waals surface area contributed by atoms with Crippen molar-refractivity contribution >= 4 is 29.9 Å². The van der Waals surface area contributed by atoms with Gasteiger partial charge in [-0.05, 0) is 43.9 Å². The van der Waals surface area contributed by atoms with Gasteiger partial charge in [-0.25, -0.2) is 4.98 Å². The van der Waals surface area contributed by atoms with Gasteiger partial charge in [0, 0.05) is 44.1 Å². The Morgan fingerprint density at radius 3 is 2.72 bits per heavy atom. The highest BCUT2D eigenvalue weighted by Crippen LogP contribution is 2.22. The second kappa shape index (κ2) is 14.2. The molecule has 2 aromatic rings. The molecular formula is C24H35IN4O3. The van der Waals surface area contributed by atoms with Gasteiger partial charge in [0.15, 0.2) is 5.96 Å². The first-order valence-electron chi connectivity index (χ1n) is 11.0. The molecule has 1 aliphatic heterocycles. The summed E-state index contributed by atoms with van der Waals surface area (Å²) in [6.45, 7) is 7.40. The first kappa shape index (κ1) is 26.2. The van der Waals surface area contributed by atoms with Crippen LogP contribution < -0.4 is 20.1 Å². The van der Waals surface area contributed by atoms with Crippen LogP contribution in [-0.4, -0.2) is 43.9 Å². The van der Waals surface area contributed by atoms with Crippen molar-refractivity contribution in [2.24, 2.45) is 4.99 Å². The molecule has 3 rings (SSSR count). The number of hydrogen-bond acceptors (Lipinski definition) is 5. The van der Waals surface area contributed by atoms with Crippen LogP contribution in [0.4, 0.5) is 0 Å². The SMILES string of the molecule is CCCOc1ncccc1CNC(=NC)NCc1ccc(C)cc1OCC1CCCO1.I. The average molecular weight is 554 g/mol. The summed E-state index contributed by atoms with van der Waals surface area (Å²) in [5.41, 5.74) is 3.25. The van der Waals surface area contributed by atoms with E-state index in [0.29, 0.717) is 38.1 Å². The maximum atomic E-state index is 6.10. The average Bonchev–Trinajstić information content (AvgIpc) is 3.31. The van der Waals surface area contributed by atoms with E-state index in [9.17, 15) is 0 Å². The highest BCUT2D eigenvalue weighted by molar-refractivity contribution is 14.0. The van der Waals surface area contributed by atoms with Crippen molar-refractivity contribution in [3.05, 3.63) is 53.2 Å². The number of halogens is 1. The monoisotopic (exact) mass is 554 g/mol. The fraction of sp³-hybridized carbons (Fsp3) is 0.500. The van der Waals surface area contributed by atoms with Crippen molar-refractivity contribution in [3.8, 4) is 11.6 Å². The summed E-state index contributed by atoms with van der Waals surface area (Å²) in [5, 5.41) is 6.71. The number of nitrogens with zero attached hydrogens (tertiary/aromatic N) is 2. The lowest BCUT2D eigenvalue weighted by Crippen LogP contribution is -2.36. The van der Waals surface area contributed by atoms with E-state index < -0.39 is 0 Å². The van der Waals surface area contributed by atoms with Crippen molar-refractivity contribution in [1.82, 2.24) is 15.6 Å². The second-order valence-corrected chi connectivity index (χ2v) is 7.65. The first-order valence-corrected chi connectivity index (χ1v) is 11.0. The molecule has 1 saturated heterocycles. The van der Waals surface area contributed by atoms with E-state index in [-0.39, 0.29) is 30.1 Å². The molecule has 8 heteroatoms. The molecule has 1 aromatic carbocycles. The predicted molar refractivity (Wildman–Crippen MR) is 138 cm³/mol. The van der Waals surface area contributed by atoms with Crippen molar-refractivity contribution in [2.45, 2.75) is 52.3 Å². The predicted octanol–water partition coefficient (Wildman–Crippen LogP) is 4.22. The summed E-state index contributed by atoms with van der Waals surface area (Å²) in [5.74, 6) is 2.26. The minimum Gasteiger partial charge on any atom is -0.491 e. The highest BCUT2D eigenvalue weighted by Gasteiger charge is 2.17. The topological polar surface area (TPSA) is 77.0 Å². The van der Waals surface area contributed by atoms with E-state index in [2.05, 4.69) is 52.7 Å². The zero-order valence-electron chi connectivity index (χ0n) is 19.2. The van der Waals surface area contributed by atoms with Crippen LogP contribution in [0.5, 0.6) is 11.6 Å². The standard InChI is InChI=1S/C24H34N4O3.HI/c1-4-12-30-23-20(7-5-11-26-23)16-28-24(25-3)27-15-19-10-9-18(2)14-22(19)31-17-21-8-6-13-29-21;/h5,7,9-11,14,21H,4,6,8,12-13,15-17H2,1-3H3,(H2,25,27,28);1H. The largest absolute Gasteiger partial charge is 0.491 e. The molecule has 2 heterocycles. The third kappa shape index (κ3) is 8.12. The molecule has 1 fully saturated rings. The van der Waals surface area contributed by atoms with Gasteiger partial charge in [0.25, 0.3) is 0 Å². The Kier molecular flexibility index (Phi) is 11.6. The number of ether oxygens (including phenoxy) is 3. The van der Waals surface area contributed by atoms with Gasteiger partial charge in [0.1, 0.15) is 12.4 Å². The molecule has 1 atom stereocenters. The van der Waals surface area contributed by atoms with Gasteiger partial charge in [-0.1, -0.05) is 25.1 Å². The number of rotatable bonds is 10. The Hall–Kier alpha value is -2.07. The summed E-state index contributed by atoms with van der Waals surface area (Å²) in [6.07, 6.45) is 5.06. The second-order valence-electron chi connectivity index (χ2n) is 7.65. The molecule has 0 radical (unpaired) electrons. The van der Waals surface area contributed by atoms with Crippen molar-refractivity contribution in [2.75, 3.05) is 26.9 Å². The molecule has 2 N–H and O–H groups in total. The fourth-order valence-electron chi connectivity index (χ4n) is 3.37. The number of guanidine groups is 1. The zero-order valence-corrected chi connectivity index (χ0v) is 21.6. The van der Waals surface area contributed by atoms with Crippen LogP contribution in [0.3, 0.4) is 0 Å². The lowest BCUT2D eigenvalue weighted by atomic mass is 10.1. The van der Waals surface area contributed by atoms with Gasteiger partial charge in [0.05, 0.1) is 12.7 Å². The third-order valence-corrected chi connectivity index (χ3v) is 5.08. The number of aromatic nitrogens is 1. The number of pyridine rings is 1. The number of aliphatic imine (C=N–C) groups is 1. The Balaban J connectivity index is 0.00000363. The van der Waals surface area contributed by atoms with Gasteiger partial charge in [-0.3, -0.25) is 4.99 Å². The third-order valence-electron chi connectivity index (χ3n) is 5.08. The summed E-state index contributed by atoms with van der Waals surface area (Å²) in [7, 11) is 1.76. The fourth-order valence-corrected chi connectivity index (χ4v) is 3.37. The molecule has 0 aliphatic carbocycles. The molecule has 0 saturated carbocycles. The normalized spacial score (nSPS) is 15.7. The summed E-state index contributed by atoms with van der Waals surface area (Å²) in [4.78, 5) is 8.68. The Labute approximate surface area is 208 Å². The van der Waals surface area contributed by atoms with E-state index >= 15 is 0 Å². The Bertz CT molecular complexity index is 857. The zero-order chi connectivity index (χ0) is 21.9. The maximum Gasteiger partial charge on any atom is 0.218 e. The molecule has 0 bridgehead atoms. The maximum absolute atomic E-state index is 6.10. The molecule has 1 aliphatic rings. The summed E-state index contributed by atoms with van der Waals surface area (Å²) >= 11 is 0. The van der Waals surface area contributed by atoms with Crippen molar-refractivity contribution < 1.29 is 14.2 Å². The smallest absolute Gasteiger partial charge is 0.218 e. The molecule has 32 heavy (non-hydrogen) atoms. The Morgan fingerprint density at radius 2 is 2.00 bits per heavy atom. The van der Waals surface area contributed by atoms with Gasteiger partial charge in [0.2, 0.25) is 5.88 Å². The van der Waals surface area contributed by atoms with Gasteiger partial charge < -0.3 is 24.8 Å². The molecule has 7 nitrogen and oxygen atoms in total. The van der Waals surface area contributed by atoms with Crippen LogP contribution in [0, 0.1) is 6.92 Å². The molecule has 0 amide bonds. The molecule has 1 unspecified atom stereocenters. The number of aryl methyl sites for hydroxylation is 1. The van der Waals surface area contributed by atoms with E-state index in [1.165, 1.54) is 5.56 Å². The Morgan fingerprint density at radius 1 is 1.19 bits per heavy atom. The van der Waals surface area contributed by atoms with Gasteiger partial charge >= 0.3 is 0 Å². The summed E-state index contributed by atoms with van der Waals surface area (Å²) < 4.78 is 17.5.